The van der Waals surface area contributed by atoms with Crippen LogP contribution in [-0.4, -0.2) is 11.2 Å². The molecule has 0 aliphatic rings. The molecule has 0 aromatic heterocycles. The fraction of sp³-hybridized carbons (Fsp3) is 1.00. The van der Waals surface area contributed by atoms with Crippen molar-refractivity contribution in [2.75, 3.05) is 0 Å². The molecule has 0 unspecified atom stereocenters. The Hall–Kier alpha value is -0.0400. The third-order valence-electron chi connectivity index (χ3n) is 2.65. The van der Waals surface area contributed by atoms with E-state index in [0.717, 1.165) is 12.8 Å². The lowest BCUT2D eigenvalue weighted by Gasteiger charge is -1.98. The second kappa shape index (κ2) is 85.3. The first-order valence-electron chi connectivity index (χ1n) is 12.1. The van der Waals surface area contributed by atoms with E-state index < -0.39 is 0 Å². The van der Waals surface area contributed by atoms with Gasteiger partial charge in [-0.2, -0.15) is 0 Å². The van der Waals surface area contributed by atoms with Gasteiger partial charge in [0.05, 0.1) is 6.10 Å². The third kappa shape index (κ3) is 199. The first-order valence-corrected chi connectivity index (χ1v) is 12.1. The molecule has 0 amide bonds. The number of hydrogen-bond donors (Lipinski definition) is 1. The molecule has 0 rings (SSSR count). The minimum atomic E-state index is -0.0648. The first-order chi connectivity index (χ1) is 12.5. The van der Waals surface area contributed by atoms with E-state index in [1.807, 2.05) is 41.5 Å². The molecule has 0 saturated heterocycles. The van der Waals surface area contributed by atoms with E-state index in [0.29, 0.717) is 0 Å². The summed E-state index contributed by atoms with van der Waals surface area (Å²) in [5.74, 6) is 0. The van der Waals surface area contributed by atoms with Crippen molar-refractivity contribution in [3.05, 3.63) is 0 Å². The van der Waals surface area contributed by atoms with Gasteiger partial charge in [0.25, 0.3) is 0 Å². The lowest BCUT2D eigenvalue weighted by atomic mass is 10.2. The highest BCUT2D eigenvalue weighted by atomic mass is 16.3. The van der Waals surface area contributed by atoms with Gasteiger partial charge in [0.15, 0.2) is 0 Å². The quantitative estimate of drug-likeness (QED) is 0.485. The van der Waals surface area contributed by atoms with E-state index >= 15 is 0 Å². The number of aliphatic hydroxyl groups is 1. The van der Waals surface area contributed by atoms with Gasteiger partial charge in [-0.15, -0.1) is 0 Å². The Morgan fingerprint density at radius 2 is 0.654 bits per heavy atom. The monoisotopic (exact) mass is 380 g/mol. The van der Waals surface area contributed by atoms with Crippen molar-refractivity contribution in [1.29, 1.82) is 0 Å². The van der Waals surface area contributed by atoms with E-state index in [1.165, 1.54) is 51.4 Å². The van der Waals surface area contributed by atoms with Gasteiger partial charge in [-0.3, -0.25) is 0 Å². The Kier molecular flexibility index (Phi) is 148. The molecule has 0 aromatic carbocycles. The normalized spacial score (nSPS) is 7.38. The summed E-state index contributed by atoms with van der Waals surface area (Å²) in [7, 11) is 0. The molecule has 0 bridgehead atoms. The van der Waals surface area contributed by atoms with Crippen LogP contribution in [0.1, 0.15) is 161 Å². The molecule has 0 saturated carbocycles. The van der Waals surface area contributed by atoms with Crippen LogP contribution in [0, 0.1) is 0 Å². The van der Waals surface area contributed by atoms with Crippen molar-refractivity contribution in [1.82, 2.24) is 0 Å². The fourth-order valence-electron chi connectivity index (χ4n) is 0.642. The Morgan fingerprint density at radius 1 is 0.462 bits per heavy atom. The topological polar surface area (TPSA) is 20.2 Å². The molecule has 0 spiro atoms. The van der Waals surface area contributed by atoms with Crippen molar-refractivity contribution < 1.29 is 5.11 Å². The van der Waals surface area contributed by atoms with Crippen LogP contribution in [0.3, 0.4) is 0 Å². The minimum absolute atomic E-state index is 0.0648. The highest BCUT2D eigenvalue weighted by Crippen LogP contribution is 1.92. The molecule has 1 heteroatoms. The molecule has 26 heavy (non-hydrogen) atoms. The van der Waals surface area contributed by atoms with E-state index in [-0.39, 0.29) is 6.10 Å². The molecular formula is C25H64O. The molecule has 1 N–H and O–H groups in total. The summed E-state index contributed by atoms with van der Waals surface area (Å²) in [6, 6.07) is 0. The van der Waals surface area contributed by atoms with Crippen molar-refractivity contribution in [2.24, 2.45) is 0 Å². The molecule has 0 fully saturated rings. The van der Waals surface area contributed by atoms with Gasteiger partial charge in [0.1, 0.15) is 0 Å². The van der Waals surface area contributed by atoms with Crippen molar-refractivity contribution >= 4 is 0 Å². The molecule has 170 valence electrons. The molecule has 0 radical (unpaired) electrons. The zero-order valence-electron chi connectivity index (χ0n) is 22.1. The van der Waals surface area contributed by atoms with Gasteiger partial charge in [0.2, 0.25) is 0 Å². The van der Waals surface area contributed by atoms with Crippen LogP contribution in [0.2, 0.25) is 0 Å². The molecular weight excluding hydrogens is 316 g/mol. The van der Waals surface area contributed by atoms with E-state index in [9.17, 15) is 0 Å². The number of unbranched alkanes of at least 4 members (excludes halogenated alkanes) is 4. The molecule has 0 aliphatic carbocycles. The zero-order chi connectivity index (χ0) is 22.6. The van der Waals surface area contributed by atoms with E-state index in [2.05, 4.69) is 55.4 Å². The Balaban J connectivity index is -0.0000000336. The van der Waals surface area contributed by atoms with Crippen LogP contribution in [-0.2, 0) is 0 Å². The summed E-state index contributed by atoms with van der Waals surface area (Å²) in [6.45, 7) is 29.4. The molecule has 1 nitrogen and oxygen atoms in total. The summed E-state index contributed by atoms with van der Waals surface area (Å²) < 4.78 is 0. The lowest BCUT2D eigenvalue weighted by Crippen LogP contribution is -1.99. The Bertz CT molecular complexity index is 88.3. The molecule has 0 atom stereocenters. The standard InChI is InChI=1S/C5H12O.C5H12.2C4H10.C3H8.2C2H6/c1-3-5(6)4-2;1-3-5-4-2;2*1-3-4-2;1-3-2;2*1-2/h5-6H,3-4H2,1-2H3;3-5H2,1-2H3;2*3-4H2,1-2H3;3H2,1-2H3;2*1-2H3. The predicted octanol–water partition coefficient (Wildman–Crippen LogP) is 10.4. The van der Waals surface area contributed by atoms with E-state index in [4.69, 9.17) is 5.11 Å². The average molecular weight is 381 g/mol. The minimum Gasteiger partial charge on any atom is -0.393 e. The van der Waals surface area contributed by atoms with Crippen LogP contribution in [0.25, 0.3) is 0 Å². The maximum atomic E-state index is 8.67. The van der Waals surface area contributed by atoms with Crippen LogP contribution < -0.4 is 0 Å². The zero-order valence-corrected chi connectivity index (χ0v) is 22.1. The van der Waals surface area contributed by atoms with Crippen molar-refractivity contribution in [3.8, 4) is 0 Å². The van der Waals surface area contributed by atoms with Gasteiger partial charge >= 0.3 is 0 Å². The highest BCUT2D eigenvalue weighted by Gasteiger charge is 1.90. The summed E-state index contributed by atoms with van der Waals surface area (Å²) in [5.41, 5.74) is 0. The van der Waals surface area contributed by atoms with E-state index in [1.54, 1.807) is 0 Å². The Morgan fingerprint density at radius 3 is 0.654 bits per heavy atom. The molecule has 0 heterocycles. The van der Waals surface area contributed by atoms with Gasteiger partial charge < -0.3 is 5.11 Å². The third-order valence-corrected chi connectivity index (χ3v) is 2.65. The smallest absolute Gasteiger partial charge is 0.0535 e. The number of hydrogen-bond acceptors (Lipinski definition) is 1. The summed E-state index contributed by atoms with van der Waals surface area (Å²) in [4.78, 5) is 0. The second-order valence-electron chi connectivity index (χ2n) is 5.53. The van der Waals surface area contributed by atoms with Gasteiger partial charge in [-0.1, -0.05) is 148 Å². The van der Waals surface area contributed by atoms with Crippen molar-refractivity contribution in [3.63, 3.8) is 0 Å². The maximum Gasteiger partial charge on any atom is 0.0535 e. The summed E-state index contributed by atoms with van der Waals surface area (Å²) >= 11 is 0. The van der Waals surface area contributed by atoms with Crippen LogP contribution in [0.5, 0.6) is 0 Å². The van der Waals surface area contributed by atoms with Crippen LogP contribution in [0.4, 0.5) is 0 Å². The Labute approximate surface area is 172 Å². The molecule has 0 aliphatic heterocycles. The SMILES string of the molecule is CC.CC.CCC.CCC(O)CC.CCCC.CCCC.CCCCC. The number of aliphatic hydroxyl groups excluding tert-OH is 1. The summed E-state index contributed by atoms with van der Waals surface area (Å²) in [5, 5.41) is 8.67. The summed E-state index contributed by atoms with van der Waals surface area (Å²) in [6.07, 6.45) is 12.3. The first kappa shape index (κ1) is 45.0. The average Bonchev–Trinajstić information content (AvgIpc) is 2.72. The van der Waals surface area contributed by atoms with Crippen molar-refractivity contribution in [2.45, 2.75) is 167 Å². The highest BCUT2D eigenvalue weighted by molar-refractivity contribution is 4.43. The van der Waals surface area contributed by atoms with Gasteiger partial charge in [-0.05, 0) is 12.8 Å². The van der Waals surface area contributed by atoms with Crippen LogP contribution >= 0.6 is 0 Å². The number of rotatable bonds is 6. The maximum absolute atomic E-state index is 8.67. The predicted molar refractivity (Wildman–Crippen MR) is 132 cm³/mol. The molecule has 0 aromatic rings. The van der Waals surface area contributed by atoms with Gasteiger partial charge in [-0.25, -0.2) is 0 Å². The largest absolute Gasteiger partial charge is 0.393 e. The van der Waals surface area contributed by atoms with Crippen LogP contribution in [0.15, 0.2) is 0 Å². The fourth-order valence-corrected chi connectivity index (χ4v) is 0.642. The second-order valence-corrected chi connectivity index (χ2v) is 5.53. The lowest BCUT2D eigenvalue weighted by molar-refractivity contribution is 0.166. The van der Waals surface area contributed by atoms with Gasteiger partial charge in [0, 0.05) is 0 Å².